The molecule has 1 aliphatic rings. The quantitative estimate of drug-likeness (QED) is 0.825. The Labute approximate surface area is 134 Å². The standard InChI is InChI=1S/C16H23NO3.C2H6/c1-16(2,3)20-15(18)17-11-7-8-13(17)12-19-14-9-5-4-6-10-14;1-2/h4-6,9-10,13H,7-8,11-12H2,1-3H3;1-2H3. The molecule has 1 aromatic carbocycles. The van der Waals surface area contributed by atoms with Gasteiger partial charge in [-0.3, -0.25) is 0 Å². The van der Waals surface area contributed by atoms with E-state index in [0.717, 1.165) is 25.1 Å². The smallest absolute Gasteiger partial charge is 0.410 e. The van der Waals surface area contributed by atoms with E-state index in [2.05, 4.69) is 0 Å². The van der Waals surface area contributed by atoms with Gasteiger partial charge in [0.1, 0.15) is 18.0 Å². The average Bonchev–Trinajstić information content (AvgIpc) is 2.95. The Kier molecular flexibility index (Phi) is 7.22. The van der Waals surface area contributed by atoms with E-state index >= 15 is 0 Å². The highest BCUT2D eigenvalue weighted by molar-refractivity contribution is 5.69. The second-order valence-corrected chi connectivity index (χ2v) is 6.09. The molecule has 1 unspecified atom stereocenters. The molecule has 0 aromatic heterocycles. The van der Waals surface area contributed by atoms with Gasteiger partial charge in [0.25, 0.3) is 0 Å². The van der Waals surface area contributed by atoms with E-state index in [-0.39, 0.29) is 12.1 Å². The number of ether oxygens (including phenoxy) is 2. The third-order valence-electron chi connectivity index (χ3n) is 3.19. The van der Waals surface area contributed by atoms with Gasteiger partial charge in [0.05, 0.1) is 6.04 Å². The normalized spacial score (nSPS) is 17.5. The zero-order valence-electron chi connectivity index (χ0n) is 14.5. The molecule has 22 heavy (non-hydrogen) atoms. The molecule has 124 valence electrons. The molecule has 0 saturated carbocycles. The van der Waals surface area contributed by atoms with E-state index in [1.165, 1.54) is 0 Å². The SMILES string of the molecule is CC.CC(C)(C)OC(=O)N1CCCC1COc1ccccc1. The van der Waals surface area contributed by atoms with Crippen LogP contribution < -0.4 is 4.74 Å². The molecular formula is C18H29NO3. The minimum Gasteiger partial charge on any atom is -0.491 e. The van der Waals surface area contributed by atoms with Crippen molar-refractivity contribution in [3.8, 4) is 5.75 Å². The van der Waals surface area contributed by atoms with Gasteiger partial charge in [-0.2, -0.15) is 0 Å². The van der Waals surface area contributed by atoms with E-state index in [1.54, 1.807) is 4.90 Å². The second-order valence-electron chi connectivity index (χ2n) is 6.09. The molecule has 1 fully saturated rings. The van der Waals surface area contributed by atoms with Gasteiger partial charge in [-0.05, 0) is 45.7 Å². The Morgan fingerprint density at radius 1 is 1.23 bits per heavy atom. The van der Waals surface area contributed by atoms with Gasteiger partial charge < -0.3 is 14.4 Å². The van der Waals surface area contributed by atoms with Gasteiger partial charge in [-0.1, -0.05) is 32.0 Å². The Hall–Kier alpha value is -1.71. The predicted octanol–water partition coefficient (Wildman–Crippen LogP) is 4.49. The van der Waals surface area contributed by atoms with Crippen molar-refractivity contribution >= 4 is 6.09 Å². The van der Waals surface area contributed by atoms with Crippen LogP contribution in [0.4, 0.5) is 4.79 Å². The molecule has 1 saturated heterocycles. The van der Waals surface area contributed by atoms with Crippen molar-refractivity contribution in [3.05, 3.63) is 30.3 Å². The fourth-order valence-corrected chi connectivity index (χ4v) is 2.28. The Balaban J connectivity index is 0.00000116. The Bertz CT molecular complexity index is 439. The van der Waals surface area contributed by atoms with Crippen LogP contribution in [0.15, 0.2) is 30.3 Å². The highest BCUT2D eigenvalue weighted by Crippen LogP contribution is 2.22. The molecule has 4 nitrogen and oxygen atoms in total. The Morgan fingerprint density at radius 3 is 2.45 bits per heavy atom. The molecule has 4 heteroatoms. The number of rotatable bonds is 3. The minimum absolute atomic E-state index is 0.102. The van der Waals surface area contributed by atoms with Gasteiger partial charge in [0, 0.05) is 6.54 Å². The number of para-hydroxylation sites is 1. The lowest BCUT2D eigenvalue weighted by Gasteiger charge is -2.28. The van der Waals surface area contributed by atoms with Gasteiger partial charge >= 0.3 is 6.09 Å². The third kappa shape index (κ3) is 5.96. The molecule has 0 N–H and O–H groups in total. The van der Waals surface area contributed by atoms with Crippen molar-refractivity contribution in [1.29, 1.82) is 0 Å². The highest BCUT2D eigenvalue weighted by atomic mass is 16.6. The fraction of sp³-hybridized carbons (Fsp3) is 0.611. The lowest BCUT2D eigenvalue weighted by molar-refractivity contribution is 0.0187. The van der Waals surface area contributed by atoms with Crippen LogP contribution in [-0.4, -0.2) is 35.8 Å². The third-order valence-corrected chi connectivity index (χ3v) is 3.19. The molecule has 0 aliphatic carbocycles. The first-order valence-corrected chi connectivity index (χ1v) is 8.13. The molecule has 1 atom stereocenters. The lowest BCUT2D eigenvalue weighted by atomic mass is 10.2. The first-order chi connectivity index (χ1) is 10.5. The number of nitrogens with zero attached hydrogens (tertiary/aromatic N) is 1. The maximum absolute atomic E-state index is 12.1. The molecule has 1 heterocycles. The maximum Gasteiger partial charge on any atom is 0.410 e. The molecule has 1 aromatic rings. The molecular weight excluding hydrogens is 278 g/mol. The second kappa shape index (κ2) is 8.66. The van der Waals surface area contributed by atoms with E-state index in [1.807, 2.05) is 65.0 Å². The summed E-state index contributed by atoms with van der Waals surface area (Å²) in [7, 11) is 0. The van der Waals surface area contributed by atoms with Crippen molar-refractivity contribution in [3.63, 3.8) is 0 Å². The summed E-state index contributed by atoms with van der Waals surface area (Å²) < 4.78 is 11.2. The van der Waals surface area contributed by atoms with Crippen LogP contribution in [0.1, 0.15) is 47.5 Å². The number of benzene rings is 1. The van der Waals surface area contributed by atoms with Crippen LogP contribution in [-0.2, 0) is 4.74 Å². The van der Waals surface area contributed by atoms with Crippen LogP contribution in [0.2, 0.25) is 0 Å². The molecule has 0 radical (unpaired) electrons. The highest BCUT2D eigenvalue weighted by Gasteiger charge is 2.32. The van der Waals surface area contributed by atoms with Crippen molar-refractivity contribution in [2.45, 2.75) is 59.1 Å². The monoisotopic (exact) mass is 307 g/mol. The minimum atomic E-state index is -0.454. The summed E-state index contributed by atoms with van der Waals surface area (Å²) in [6.07, 6.45) is 1.73. The maximum atomic E-state index is 12.1. The van der Waals surface area contributed by atoms with Gasteiger partial charge in [0.2, 0.25) is 0 Å². The van der Waals surface area contributed by atoms with Crippen molar-refractivity contribution in [2.24, 2.45) is 0 Å². The van der Waals surface area contributed by atoms with Crippen LogP contribution >= 0.6 is 0 Å². The van der Waals surface area contributed by atoms with Crippen LogP contribution in [0.3, 0.4) is 0 Å². The molecule has 2 rings (SSSR count). The molecule has 0 bridgehead atoms. The van der Waals surface area contributed by atoms with E-state index < -0.39 is 5.60 Å². The van der Waals surface area contributed by atoms with Crippen molar-refractivity contribution < 1.29 is 14.3 Å². The Morgan fingerprint density at radius 2 is 1.86 bits per heavy atom. The number of amides is 1. The zero-order chi connectivity index (χ0) is 16.6. The summed E-state index contributed by atoms with van der Waals surface area (Å²) >= 11 is 0. The van der Waals surface area contributed by atoms with E-state index in [4.69, 9.17) is 9.47 Å². The number of hydrogen-bond donors (Lipinski definition) is 0. The van der Waals surface area contributed by atoms with Crippen molar-refractivity contribution in [2.75, 3.05) is 13.2 Å². The van der Waals surface area contributed by atoms with Gasteiger partial charge in [-0.15, -0.1) is 0 Å². The number of carbonyl (C=O) groups excluding carboxylic acids is 1. The summed E-state index contributed by atoms with van der Waals surface area (Å²) in [6.45, 7) is 10.9. The fourth-order valence-electron chi connectivity index (χ4n) is 2.28. The average molecular weight is 307 g/mol. The van der Waals surface area contributed by atoms with Crippen LogP contribution in [0.5, 0.6) is 5.75 Å². The largest absolute Gasteiger partial charge is 0.491 e. The summed E-state index contributed by atoms with van der Waals surface area (Å²) in [5.74, 6) is 0.837. The molecule has 1 amide bonds. The lowest BCUT2D eigenvalue weighted by Crippen LogP contribution is -2.42. The topological polar surface area (TPSA) is 38.8 Å². The number of hydrogen-bond acceptors (Lipinski definition) is 3. The summed E-state index contributed by atoms with van der Waals surface area (Å²) in [5.41, 5.74) is -0.454. The molecule has 0 spiro atoms. The zero-order valence-corrected chi connectivity index (χ0v) is 14.5. The van der Waals surface area contributed by atoms with E-state index in [9.17, 15) is 4.79 Å². The van der Waals surface area contributed by atoms with Gasteiger partial charge in [-0.25, -0.2) is 4.79 Å². The number of carbonyl (C=O) groups is 1. The van der Waals surface area contributed by atoms with Crippen LogP contribution in [0.25, 0.3) is 0 Å². The first-order valence-electron chi connectivity index (χ1n) is 8.13. The van der Waals surface area contributed by atoms with E-state index in [0.29, 0.717) is 6.61 Å². The number of likely N-dealkylation sites (tertiary alicyclic amines) is 1. The van der Waals surface area contributed by atoms with Gasteiger partial charge in [0.15, 0.2) is 0 Å². The van der Waals surface area contributed by atoms with Crippen molar-refractivity contribution in [1.82, 2.24) is 4.90 Å². The molecule has 1 aliphatic heterocycles. The summed E-state index contributed by atoms with van der Waals surface area (Å²) in [5, 5.41) is 0. The summed E-state index contributed by atoms with van der Waals surface area (Å²) in [4.78, 5) is 13.9. The first kappa shape index (κ1) is 18.3. The summed E-state index contributed by atoms with van der Waals surface area (Å²) in [6, 6.07) is 9.78. The predicted molar refractivity (Wildman–Crippen MR) is 89.2 cm³/mol. The van der Waals surface area contributed by atoms with Crippen LogP contribution in [0, 0.1) is 0 Å².